The van der Waals surface area contributed by atoms with Gasteiger partial charge in [-0.15, -0.1) is 0 Å². The molecule has 1 saturated carbocycles. The molecule has 0 aromatic heterocycles. The van der Waals surface area contributed by atoms with Crippen molar-refractivity contribution in [3.05, 3.63) is 29.8 Å². The van der Waals surface area contributed by atoms with E-state index in [1.54, 1.807) is 7.11 Å². The van der Waals surface area contributed by atoms with Crippen molar-refractivity contribution in [2.75, 3.05) is 20.2 Å². The average Bonchev–Trinajstić information content (AvgIpc) is 3.02. The van der Waals surface area contributed by atoms with Gasteiger partial charge in [0.1, 0.15) is 12.3 Å². The number of carbonyl (C=O) groups is 2. The van der Waals surface area contributed by atoms with Crippen LogP contribution in [0.4, 0.5) is 0 Å². The monoisotopic (exact) mass is 305 g/mol. The van der Waals surface area contributed by atoms with Crippen LogP contribution < -0.4 is 4.74 Å². The van der Waals surface area contributed by atoms with E-state index in [9.17, 15) is 9.59 Å². The number of ether oxygens (including phenoxy) is 1. The fourth-order valence-electron chi connectivity index (χ4n) is 3.32. The Kier molecular flexibility index (Phi) is 5.06. The minimum Gasteiger partial charge on any atom is -0.497 e. The number of methoxy groups -OCH3 is 1. The molecular formula is C17H23NO4. The van der Waals surface area contributed by atoms with Crippen LogP contribution in [0.5, 0.6) is 5.75 Å². The molecule has 1 fully saturated rings. The number of hydrogen-bond donors (Lipinski definition) is 1. The van der Waals surface area contributed by atoms with Crippen molar-refractivity contribution in [1.29, 1.82) is 0 Å². The van der Waals surface area contributed by atoms with Crippen LogP contribution in [0, 0.1) is 0 Å². The van der Waals surface area contributed by atoms with E-state index in [0.29, 0.717) is 6.54 Å². The lowest BCUT2D eigenvalue weighted by Gasteiger charge is -2.33. The Balaban J connectivity index is 2.38. The van der Waals surface area contributed by atoms with Crippen LogP contribution in [-0.4, -0.2) is 42.1 Å². The van der Waals surface area contributed by atoms with Crippen LogP contribution in [0.25, 0.3) is 0 Å². The Morgan fingerprint density at radius 2 is 2.00 bits per heavy atom. The number of likely N-dealkylation sites (N-methyl/N-ethyl adjacent to an activating group) is 1. The Bertz CT molecular complexity index is 549. The third-order valence-corrected chi connectivity index (χ3v) is 4.48. The zero-order valence-electron chi connectivity index (χ0n) is 13.2. The lowest BCUT2D eigenvalue weighted by molar-refractivity contribution is -0.147. The molecule has 1 amide bonds. The van der Waals surface area contributed by atoms with E-state index >= 15 is 0 Å². The second kappa shape index (κ2) is 6.81. The maximum atomic E-state index is 13.1. The van der Waals surface area contributed by atoms with Gasteiger partial charge in [0.25, 0.3) is 0 Å². The topological polar surface area (TPSA) is 66.8 Å². The molecule has 0 radical (unpaired) electrons. The highest BCUT2D eigenvalue weighted by atomic mass is 16.5. The predicted octanol–water partition coefficient (Wildman–Crippen LogP) is 2.44. The highest BCUT2D eigenvalue weighted by Gasteiger charge is 2.45. The minimum absolute atomic E-state index is 0.0804. The van der Waals surface area contributed by atoms with Crippen molar-refractivity contribution in [2.45, 2.75) is 38.0 Å². The highest BCUT2D eigenvalue weighted by Crippen LogP contribution is 2.43. The first-order valence-corrected chi connectivity index (χ1v) is 7.69. The number of carbonyl (C=O) groups excluding carboxylic acids is 1. The van der Waals surface area contributed by atoms with Gasteiger partial charge in [0.2, 0.25) is 5.91 Å². The van der Waals surface area contributed by atoms with E-state index < -0.39 is 11.4 Å². The fourth-order valence-corrected chi connectivity index (χ4v) is 3.32. The van der Waals surface area contributed by atoms with E-state index in [0.717, 1.165) is 37.0 Å². The molecular weight excluding hydrogens is 282 g/mol. The molecule has 0 bridgehead atoms. The van der Waals surface area contributed by atoms with Crippen LogP contribution in [0.15, 0.2) is 24.3 Å². The molecule has 5 heteroatoms. The second-order valence-corrected chi connectivity index (χ2v) is 5.73. The number of carboxylic acids is 1. The molecule has 0 aliphatic heterocycles. The van der Waals surface area contributed by atoms with Gasteiger partial charge in [-0.25, -0.2) is 0 Å². The summed E-state index contributed by atoms with van der Waals surface area (Å²) in [6, 6.07) is 7.58. The molecule has 0 saturated heterocycles. The van der Waals surface area contributed by atoms with Crippen molar-refractivity contribution in [3.8, 4) is 5.75 Å². The summed E-state index contributed by atoms with van der Waals surface area (Å²) in [6.45, 7) is 1.97. The summed E-state index contributed by atoms with van der Waals surface area (Å²) in [5.74, 6) is -0.338. The Hall–Kier alpha value is -2.04. The summed E-state index contributed by atoms with van der Waals surface area (Å²) in [7, 11) is 1.60. The molecule has 5 nitrogen and oxygen atoms in total. The lowest BCUT2D eigenvalue weighted by Crippen LogP contribution is -2.47. The van der Waals surface area contributed by atoms with E-state index in [1.807, 2.05) is 31.2 Å². The van der Waals surface area contributed by atoms with Gasteiger partial charge >= 0.3 is 5.97 Å². The number of nitrogens with zero attached hydrogens (tertiary/aromatic N) is 1. The van der Waals surface area contributed by atoms with E-state index in [1.165, 1.54) is 4.90 Å². The number of hydrogen-bond acceptors (Lipinski definition) is 3. The van der Waals surface area contributed by atoms with Crippen molar-refractivity contribution < 1.29 is 19.4 Å². The second-order valence-electron chi connectivity index (χ2n) is 5.73. The molecule has 1 N–H and O–H groups in total. The number of rotatable bonds is 6. The normalized spacial score (nSPS) is 16.3. The zero-order chi connectivity index (χ0) is 16.2. The molecule has 0 heterocycles. The first-order valence-electron chi connectivity index (χ1n) is 7.69. The number of amides is 1. The van der Waals surface area contributed by atoms with Crippen molar-refractivity contribution in [1.82, 2.24) is 4.90 Å². The van der Waals surface area contributed by atoms with Crippen LogP contribution in [0.3, 0.4) is 0 Å². The van der Waals surface area contributed by atoms with Crippen LogP contribution >= 0.6 is 0 Å². The zero-order valence-corrected chi connectivity index (χ0v) is 13.2. The Morgan fingerprint density at radius 1 is 1.32 bits per heavy atom. The molecule has 0 unspecified atom stereocenters. The predicted molar refractivity (Wildman–Crippen MR) is 83.0 cm³/mol. The van der Waals surface area contributed by atoms with Gasteiger partial charge in [0.05, 0.1) is 12.5 Å². The van der Waals surface area contributed by atoms with Crippen LogP contribution in [-0.2, 0) is 15.0 Å². The number of aliphatic carboxylic acids is 1. The minimum atomic E-state index is -0.978. The van der Waals surface area contributed by atoms with Crippen LogP contribution in [0.2, 0.25) is 0 Å². The first-order chi connectivity index (χ1) is 10.5. The van der Waals surface area contributed by atoms with Crippen molar-refractivity contribution in [2.24, 2.45) is 0 Å². The van der Waals surface area contributed by atoms with Crippen LogP contribution in [0.1, 0.15) is 38.2 Å². The summed E-state index contributed by atoms with van der Waals surface area (Å²) in [5, 5.41) is 9.03. The summed E-state index contributed by atoms with van der Waals surface area (Å²) < 4.78 is 5.27. The molecule has 1 aromatic carbocycles. The molecule has 1 aromatic rings. The quantitative estimate of drug-likeness (QED) is 0.876. The van der Waals surface area contributed by atoms with Crippen molar-refractivity contribution >= 4 is 11.9 Å². The molecule has 120 valence electrons. The molecule has 0 spiro atoms. The third-order valence-electron chi connectivity index (χ3n) is 4.48. The SMILES string of the molecule is CCN(CC(=O)O)C(=O)C1(c2cccc(OC)c2)CCCC1. The Morgan fingerprint density at radius 3 is 2.55 bits per heavy atom. The molecule has 2 rings (SSSR count). The van der Waals surface area contributed by atoms with Gasteiger partial charge < -0.3 is 14.7 Å². The van der Waals surface area contributed by atoms with Gasteiger partial charge in [0.15, 0.2) is 0 Å². The van der Waals surface area contributed by atoms with E-state index in [4.69, 9.17) is 9.84 Å². The van der Waals surface area contributed by atoms with Gasteiger partial charge in [-0.1, -0.05) is 25.0 Å². The van der Waals surface area contributed by atoms with Gasteiger partial charge in [-0.2, -0.15) is 0 Å². The molecule has 1 aliphatic carbocycles. The largest absolute Gasteiger partial charge is 0.497 e. The van der Waals surface area contributed by atoms with Crippen molar-refractivity contribution in [3.63, 3.8) is 0 Å². The third kappa shape index (κ3) is 3.08. The maximum Gasteiger partial charge on any atom is 0.323 e. The number of benzene rings is 1. The maximum absolute atomic E-state index is 13.1. The van der Waals surface area contributed by atoms with Gasteiger partial charge in [-0.05, 0) is 37.5 Å². The smallest absolute Gasteiger partial charge is 0.323 e. The summed E-state index contributed by atoms with van der Waals surface area (Å²) >= 11 is 0. The van der Waals surface area contributed by atoms with Gasteiger partial charge in [-0.3, -0.25) is 9.59 Å². The Labute approximate surface area is 130 Å². The highest BCUT2D eigenvalue weighted by molar-refractivity contribution is 5.91. The standard InChI is InChI=1S/C17H23NO4/c1-3-18(12-15(19)20)16(21)17(9-4-5-10-17)13-7-6-8-14(11-13)22-2/h6-8,11H,3-5,9-10,12H2,1-2H3,(H,19,20). The summed E-state index contributed by atoms with van der Waals surface area (Å²) in [5.41, 5.74) is 0.318. The van der Waals surface area contributed by atoms with Gasteiger partial charge in [0, 0.05) is 6.54 Å². The lowest BCUT2D eigenvalue weighted by atomic mass is 9.77. The summed E-state index contributed by atoms with van der Waals surface area (Å²) in [4.78, 5) is 25.5. The van der Waals surface area contributed by atoms with E-state index in [-0.39, 0.29) is 12.5 Å². The van der Waals surface area contributed by atoms with E-state index in [2.05, 4.69) is 0 Å². The number of carboxylic acid groups (broad SMARTS) is 1. The summed E-state index contributed by atoms with van der Waals surface area (Å²) in [6.07, 6.45) is 3.48. The molecule has 22 heavy (non-hydrogen) atoms. The molecule has 1 aliphatic rings. The fraction of sp³-hybridized carbons (Fsp3) is 0.529. The average molecular weight is 305 g/mol. The molecule has 0 atom stereocenters. The first kappa shape index (κ1) is 16.3.